The van der Waals surface area contributed by atoms with E-state index in [1.54, 1.807) is 18.2 Å². The molecule has 2 aromatic carbocycles. The summed E-state index contributed by atoms with van der Waals surface area (Å²) in [6, 6.07) is 11.1. The first-order chi connectivity index (χ1) is 9.61. The Labute approximate surface area is 126 Å². The SMILES string of the molecule is CCNC(Cc1ccccc1F)c1cc(F)ccc1Br. The zero-order valence-electron chi connectivity index (χ0n) is 11.2. The first kappa shape index (κ1) is 15.1. The van der Waals surface area contributed by atoms with E-state index in [1.165, 1.54) is 18.2 Å². The highest BCUT2D eigenvalue weighted by Gasteiger charge is 2.16. The molecule has 1 unspecified atom stereocenters. The van der Waals surface area contributed by atoms with Crippen LogP contribution in [-0.2, 0) is 6.42 Å². The molecule has 0 bridgehead atoms. The minimum Gasteiger partial charge on any atom is -0.310 e. The lowest BCUT2D eigenvalue weighted by Gasteiger charge is -2.20. The van der Waals surface area contributed by atoms with E-state index in [0.29, 0.717) is 12.0 Å². The van der Waals surface area contributed by atoms with E-state index < -0.39 is 0 Å². The van der Waals surface area contributed by atoms with Gasteiger partial charge in [-0.1, -0.05) is 41.1 Å². The lowest BCUT2D eigenvalue weighted by molar-refractivity contribution is 0.522. The predicted octanol–water partition coefficient (Wildman–Crippen LogP) is 4.62. The average Bonchev–Trinajstić information content (AvgIpc) is 2.43. The van der Waals surface area contributed by atoms with Gasteiger partial charge in [0.05, 0.1) is 0 Å². The van der Waals surface area contributed by atoms with Crippen LogP contribution >= 0.6 is 15.9 Å². The van der Waals surface area contributed by atoms with Crippen molar-refractivity contribution >= 4 is 15.9 Å². The third kappa shape index (κ3) is 3.64. The summed E-state index contributed by atoms with van der Waals surface area (Å²) in [4.78, 5) is 0. The zero-order chi connectivity index (χ0) is 14.5. The summed E-state index contributed by atoms with van der Waals surface area (Å²) in [5.74, 6) is -0.525. The maximum atomic E-state index is 13.8. The summed E-state index contributed by atoms with van der Waals surface area (Å²) in [5.41, 5.74) is 1.42. The molecule has 0 spiro atoms. The highest BCUT2D eigenvalue weighted by atomic mass is 79.9. The van der Waals surface area contributed by atoms with Crippen molar-refractivity contribution in [1.29, 1.82) is 0 Å². The van der Waals surface area contributed by atoms with Crippen LogP contribution in [0.15, 0.2) is 46.9 Å². The van der Waals surface area contributed by atoms with Gasteiger partial charge in [-0.05, 0) is 48.4 Å². The van der Waals surface area contributed by atoms with E-state index in [4.69, 9.17) is 0 Å². The number of likely N-dealkylation sites (N-methyl/N-ethyl adjacent to an activating group) is 1. The number of hydrogen-bond donors (Lipinski definition) is 1. The highest BCUT2D eigenvalue weighted by Crippen LogP contribution is 2.27. The van der Waals surface area contributed by atoms with Crippen molar-refractivity contribution in [2.24, 2.45) is 0 Å². The van der Waals surface area contributed by atoms with Crippen LogP contribution in [-0.4, -0.2) is 6.54 Å². The summed E-state index contributed by atoms with van der Waals surface area (Å²) in [7, 11) is 0. The summed E-state index contributed by atoms with van der Waals surface area (Å²) in [6.45, 7) is 2.70. The first-order valence-corrected chi connectivity index (χ1v) is 7.33. The van der Waals surface area contributed by atoms with Crippen molar-refractivity contribution in [3.63, 3.8) is 0 Å². The molecule has 0 radical (unpaired) electrons. The van der Waals surface area contributed by atoms with Gasteiger partial charge in [-0.25, -0.2) is 8.78 Å². The summed E-state index contributed by atoms with van der Waals surface area (Å²) in [5, 5.41) is 3.28. The number of hydrogen-bond acceptors (Lipinski definition) is 1. The lowest BCUT2D eigenvalue weighted by atomic mass is 9.98. The van der Waals surface area contributed by atoms with Crippen LogP contribution in [0.2, 0.25) is 0 Å². The topological polar surface area (TPSA) is 12.0 Å². The Hall–Kier alpha value is -1.26. The Morgan fingerprint density at radius 1 is 1.15 bits per heavy atom. The van der Waals surface area contributed by atoms with E-state index in [9.17, 15) is 8.78 Å². The molecule has 0 saturated heterocycles. The van der Waals surface area contributed by atoms with Gasteiger partial charge in [0, 0.05) is 10.5 Å². The fourth-order valence-corrected chi connectivity index (χ4v) is 2.73. The van der Waals surface area contributed by atoms with Crippen LogP contribution in [0.1, 0.15) is 24.1 Å². The van der Waals surface area contributed by atoms with Crippen LogP contribution in [0.25, 0.3) is 0 Å². The quantitative estimate of drug-likeness (QED) is 0.837. The smallest absolute Gasteiger partial charge is 0.126 e. The summed E-state index contributed by atoms with van der Waals surface area (Å²) in [6.07, 6.45) is 0.475. The number of nitrogens with one attached hydrogen (secondary N) is 1. The fourth-order valence-electron chi connectivity index (χ4n) is 2.20. The van der Waals surface area contributed by atoms with Crippen molar-refractivity contribution in [3.05, 3.63) is 69.7 Å². The van der Waals surface area contributed by atoms with Gasteiger partial charge in [0.2, 0.25) is 0 Å². The van der Waals surface area contributed by atoms with Gasteiger partial charge in [-0.15, -0.1) is 0 Å². The fraction of sp³-hybridized carbons (Fsp3) is 0.250. The predicted molar refractivity (Wildman–Crippen MR) is 80.6 cm³/mol. The van der Waals surface area contributed by atoms with Gasteiger partial charge < -0.3 is 5.32 Å². The van der Waals surface area contributed by atoms with Crippen LogP contribution in [0.3, 0.4) is 0 Å². The van der Waals surface area contributed by atoms with Crippen LogP contribution < -0.4 is 5.32 Å². The molecular weight excluding hydrogens is 324 g/mol. The Kier molecular flexibility index (Phi) is 5.26. The molecule has 0 aliphatic heterocycles. The number of rotatable bonds is 5. The maximum absolute atomic E-state index is 13.8. The van der Waals surface area contributed by atoms with Crippen molar-refractivity contribution in [3.8, 4) is 0 Å². The Morgan fingerprint density at radius 2 is 1.90 bits per heavy atom. The lowest BCUT2D eigenvalue weighted by Crippen LogP contribution is -2.23. The first-order valence-electron chi connectivity index (χ1n) is 6.53. The molecular formula is C16H16BrF2N. The third-order valence-electron chi connectivity index (χ3n) is 3.17. The maximum Gasteiger partial charge on any atom is 0.126 e. The number of benzene rings is 2. The van der Waals surface area contributed by atoms with Crippen LogP contribution in [0.4, 0.5) is 8.78 Å². The third-order valence-corrected chi connectivity index (χ3v) is 3.89. The molecule has 1 N–H and O–H groups in total. The Morgan fingerprint density at radius 3 is 2.60 bits per heavy atom. The molecule has 0 aliphatic carbocycles. The zero-order valence-corrected chi connectivity index (χ0v) is 12.8. The van der Waals surface area contributed by atoms with Crippen molar-refractivity contribution in [1.82, 2.24) is 5.32 Å². The van der Waals surface area contributed by atoms with Gasteiger partial charge in [0.1, 0.15) is 11.6 Å². The van der Waals surface area contributed by atoms with E-state index in [-0.39, 0.29) is 17.7 Å². The van der Waals surface area contributed by atoms with Crippen molar-refractivity contribution in [2.75, 3.05) is 6.54 Å². The van der Waals surface area contributed by atoms with Gasteiger partial charge in [-0.2, -0.15) is 0 Å². The largest absolute Gasteiger partial charge is 0.310 e. The monoisotopic (exact) mass is 339 g/mol. The molecule has 20 heavy (non-hydrogen) atoms. The second-order valence-corrected chi connectivity index (χ2v) is 5.43. The number of halogens is 3. The molecule has 0 aromatic heterocycles. The second-order valence-electron chi connectivity index (χ2n) is 4.57. The molecule has 0 heterocycles. The van der Waals surface area contributed by atoms with E-state index >= 15 is 0 Å². The molecule has 2 aromatic rings. The molecule has 106 valence electrons. The van der Waals surface area contributed by atoms with E-state index in [1.807, 2.05) is 13.0 Å². The molecule has 1 nitrogen and oxygen atoms in total. The minimum absolute atomic E-state index is 0.137. The van der Waals surface area contributed by atoms with Crippen LogP contribution in [0.5, 0.6) is 0 Å². The van der Waals surface area contributed by atoms with Gasteiger partial charge in [0.25, 0.3) is 0 Å². The molecule has 1 atom stereocenters. The molecule has 0 amide bonds. The normalized spacial score (nSPS) is 12.4. The second kappa shape index (κ2) is 6.95. The molecule has 0 saturated carbocycles. The van der Waals surface area contributed by atoms with Gasteiger partial charge in [0.15, 0.2) is 0 Å². The minimum atomic E-state index is -0.292. The Balaban J connectivity index is 2.32. The van der Waals surface area contributed by atoms with E-state index in [0.717, 1.165) is 16.6 Å². The van der Waals surface area contributed by atoms with Crippen molar-refractivity contribution in [2.45, 2.75) is 19.4 Å². The van der Waals surface area contributed by atoms with Gasteiger partial charge in [-0.3, -0.25) is 0 Å². The summed E-state index contributed by atoms with van der Waals surface area (Å²) < 4.78 is 28.0. The highest BCUT2D eigenvalue weighted by molar-refractivity contribution is 9.10. The summed E-state index contributed by atoms with van der Waals surface area (Å²) >= 11 is 3.43. The molecule has 4 heteroatoms. The average molecular weight is 340 g/mol. The standard InChI is InChI=1S/C16H16BrF2N/c1-2-20-16(9-11-5-3-4-6-15(11)19)13-10-12(18)7-8-14(13)17/h3-8,10,16,20H,2,9H2,1H3. The molecule has 0 fully saturated rings. The van der Waals surface area contributed by atoms with Crippen molar-refractivity contribution < 1.29 is 8.78 Å². The van der Waals surface area contributed by atoms with Gasteiger partial charge >= 0.3 is 0 Å². The molecule has 2 rings (SSSR count). The van der Waals surface area contributed by atoms with E-state index in [2.05, 4.69) is 21.2 Å². The molecule has 0 aliphatic rings. The van der Waals surface area contributed by atoms with Crippen LogP contribution in [0, 0.1) is 11.6 Å². The Bertz CT molecular complexity index is 586.